The number of carbonyl (C=O) groups is 2. The average molecular weight is 536 g/mol. The first-order valence-electron chi connectivity index (χ1n) is 11.5. The molecule has 1 N–H and O–H groups in total. The Kier molecular flexibility index (Phi) is 8.06. The van der Waals surface area contributed by atoms with E-state index in [0.717, 1.165) is 30.0 Å². The number of hydrogen-bond acceptors (Lipinski definition) is 7. The van der Waals surface area contributed by atoms with Crippen molar-refractivity contribution in [1.29, 1.82) is 5.26 Å². The number of piperazine rings is 1. The van der Waals surface area contributed by atoms with Crippen LogP contribution in [0, 0.1) is 17.2 Å². The van der Waals surface area contributed by atoms with E-state index in [1.807, 2.05) is 6.07 Å². The molecule has 186 valence electrons. The average Bonchev–Trinajstić information content (AvgIpc) is 3.36. The number of nitrogens with one attached hydrogen (secondary N) is 1. The highest BCUT2D eigenvalue weighted by Gasteiger charge is 2.39. The number of benzene rings is 1. The standard InChI is InChI=1S/C23H26ClN5O4S2/c24-18-12-17(14-25)6-7-20(18)35(32,33)28-9-10-29(21(30)15-28)19(13-16-4-2-1-3-5-16)22(31)27-23-26-8-11-34-23/h6-8,11-12,16,19H,1-5,9-10,13,15H2,(H,26,27,31). The molecule has 0 radical (unpaired) electrons. The number of amides is 2. The van der Waals surface area contributed by atoms with Gasteiger partial charge in [0.2, 0.25) is 21.8 Å². The van der Waals surface area contributed by atoms with Crippen molar-refractivity contribution in [3.05, 3.63) is 40.4 Å². The third kappa shape index (κ3) is 5.83. The Balaban J connectivity index is 1.51. The van der Waals surface area contributed by atoms with Crippen molar-refractivity contribution in [2.45, 2.75) is 49.5 Å². The highest BCUT2D eigenvalue weighted by Crippen LogP contribution is 2.31. The number of rotatable bonds is 7. The van der Waals surface area contributed by atoms with Crippen molar-refractivity contribution in [3.8, 4) is 6.07 Å². The van der Waals surface area contributed by atoms with Crippen LogP contribution in [0.2, 0.25) is 5.02 Å². The molecule has 12 heteroatoms. The van der Waals surface area contributed by atoms with Crippen LogP contribution in [0.25, 0.3) is 0 Å². The Morgan fingerprint density at radius 1 is 1.29 bits per heavy atom. The van der Waals surface area contributed by atoms with Gasteiger partial charge in [0.1, 0.15) is 10.9 Å². The molecule has 4 rings (SSSR count). The van der Waals surface area contributed by atoms with Crippen LogP contribution in [0.5, 0.6) is 0 Å². The van der Waals surface area contributed by atoms with Crippen LogP contribution in [0.4, 0.5) is 5.13 Å². The van der Waals surface area contributed by atoms with E-state index in [1.165, 1.54) is 40.9 Å². The van der Waals surface area contributed by atoms with Gasteiger partial charge in [0.05, 0.1) is 23.2 Å². The van der Waals surface area contributed by atoms with Gasteiger partial charge < -0.3 is 10.2 Å². The quantitative estimate of drug-likeness (QED) is 0.579. The maximum Gasteiger partial charge on any atom is 0.248 e. The number of thiazole rings is 1. The molecule has 0 spiro atoms. The van der Waals surface area contributed by atoms with Crippen molar-refractivity contribution in [2.24, 2.45) is 5.92 Å². The zero-order chi connectivity index (χ0) is 25.0. The van der Waals surface area contributed by atoms with Crippen LogP contribution in [-0.2, 0) is 19.6 Å². The predicted octanol–water partition coefficient (Wildman–Crippen LogP) is 3.48. The first-order chi connectivity index (χ1) is 16.8. The molecule has 2 fully saturated rings. The maximum atomic E-state index is 13.2. The zero-order valence-electron chi connectivity index (χ0n) is 19.0. The molecular weight excluding hydrogens is 510 g/mol. The van der Waals surface area contributed by atoms with Gasteiger partial charge >= 0.3 is 0 Å². The second-order valence-corrected chi connectivity index (χ2v) is 12.0. The van der Waals surface area contributed by atoms with Gasteiger partial charge in [0.25, 0.3) is 0 Å². The van der Waals surface area contributed by atoms with Crippen molar-refractivity contribution in [2.75, 3.05) is 25.0 Å². The highest BCUT2D eigenvalue weighted by atomic mass is 35.5. The Morgan fingerprint density at radius 3 is 2.69 bits per heavy atom. The third-order valence-electron chi connectivity index (χ3n) is 6.52. The lowest BCUT2D eigenvalue weighted by molar-refractivity contribution is -0.142. The molecule has 1 saturated heterocycles. The molecule has 1 atom stereocenters. The van der Waals surface area contributed by atoms with Crippen LogP contribution in [-0.4, -0.2) is 60.1 Å². The van der Waals surface area contributed by atoms with Gasteiger partial charge in [0, 0.05) is 24.7 Å². The van der Waals surface area contributed by atoms with E-state index in [2.05, 4.69) is 10.3 Å². The monoisotopic (exact) mass is 535 g/mol. The van der Waals surface area contributed by atoms with Crippen molar-refractivity contribution >= 4 is 49.9 Å². The lowest BCUT2D eigenvalue weighted by Gasteiger charge is -2.39. The summed E-state index contributed by atoms with van der Waals surface area (Å²) in [7, 11) is -4.05. The number of nitrogens with zero attached hydrogens (tertiary/aromatic N) is 4. The zero-order valence-corrected chi connectivity index (χ0v) is 21.4. The minimum absolute atomic E-state index is 0.0378. The summed E-state index contributed by atoms with van der Waals surface area (Å²) in [6.45, 7) is -0.255. The van der Waals surface area contributed by atoms with Gasteiger partial charge in [-0.15, -0.1) is 11.3 Å². The van der Waals surface area contributed by atoms with Gasteiger partial charge in [-0.1, -0.05) is 43.7 Å². The third-order valence-corrected chi connectivity index (χ3v) is 9.54. The van der Waals surface area contributed by atoms with Crippen LogP contribution in [0.1, 0.15) is 44.1 Å². The van der Waals surface area contributed by atoms with Gasteiger partial charge in [-0.2, -0.15) is 9.57 Å². The summed E-state index contributed by atoms with van der Waals surface area (Å²) in [5, 5.41) is 14.0. The molecule has 1 unspecified atom stereocenters. The Bertz CT molecular complexity index is 1220. The first kappa shape index (κ1) is 25.6. The minimum Gasteiger partial charge on any atom is -0.328 e. The van der Waals surface area contributed by atoms with Gasteiger partial charge in [-0.25, -0.2) is 13.4 Å². The first-order valence-corrected chi connectivity index (χ1v) is 14.2. The summed E-state index contributed by atoms with van der Waals surface area (Å²) in [4.78, 5) is 31.9. The van der Waals surface area contributed by atoms with Crippen LogP contribution in [0.15, 0.2) is 34.7 Å². The molecule has 9 nitrogen and oxygen atoms in total. The molecule has 1 aliphatic carbocycles. The van der Waals surface area contributed by atoms with Gasteiger partial charge in [-0.3, -0.25) is 9.59 Å². The molecule has 1 aromatic heterocycles. The van der Waals surface area contributed by atoms with Crippen LogP contribution in [0.3, 0.4) is 0 Å². The Morgan fingerprint density at radius 2 is 2.06 bits per heavy atom. The van der Waals surface area contributed by atoms with Crippen molar-refractivity contribution < 1.29 is 18.0 Å². The minimum atomic E-state index is -4.05. The van der Waals surface area contributed by atoms with E-state index in [0.29, 0.717) is 17.5 Å². The predicted molar refractivity (Wildman–Crippen MR) is 132 cm³/mol. The van der Waals surface area contributed by atoms with E-state index < -0.39 is 22.0 Å². The molecule has 2 aromatic rings. The van der Waals surface area contributed by atoms with Gasteiger partial charge in [0.15, 0.2) is 5.13 Å². The van der Waals surface area contributed by atoms with Crippen molar-refractivity contribution in [1.82, 2.24) is 14.2 Å². The van der Waals surface area contributed by atoms with Crippen LogP contribution < -0.4 is 5.32 Å². The fourth-order valence-corrected chi connectivity index (χ4v) is 7.14. The van der Waals surface area contributed by atoms with E-state index in [-0.39, 0.29) is 41.0 Å². The van der Waals surface area contributed by atoms with E-state index >= 15 is 0 Å². The Hall–Kier alpha value is -2.52. The number of nitriles is 1. The molecule has 35 heavy (non-hydrogen) atoms. The van der Waals surface area contributed by atoms with E-state index in [9.17, 15) is 18.0 Å². The van der Waals surface area contributed by atoms with E-state index in [1.54, 1.807) is 11.6 Å². The number of carbonyl (C=O) groups excluding carboxylic acids is 2. The summed E-state index contributed by atoms with van der Waals surface area (Å²) in [5.74, 6) is -0.396. The normalized spacial score (nSPS) is 18.7. The molecule has 2 aliphatic rings. The SMILES string of the molecule is N#Cc1ccc(S(=O)(=O)N2CCN(C(CC3CCCCC3)C(=O)Nc3nccs3)C(=O)C2)c(Cl)c1. The fraction of sp³-hybridized carbons (Fsp3) is 0.478. The summed E-state index contributed by atoms with van der Waals surface area (Å²) in [6, 6.07) is 5.16. The van der Waals surface area contributed by atoms with E-state index in [4.69, 9.17) is 16.9 Å². The molecule has 2 amide bonds. The second-order valence-electron chi connectivity index (χ2n) is 8.76. The smallest absolute Gasteiger partial charge is 0.248 e. The molecular formula is C23H26ClN5O4S2. The summed E-state index contributed by atoms with van der Waals surface area (Å²) in [5.41, 5.74) is 0.242. The molecule has 1 aromatic carbocycles. The summed E-state index contributed by atoms with van der Waals surface area (Å²) < 4.78 is 27.5. The molecule has 2 heterocycles. The number of sulfonamides is 1. The second kappa shape index (κ2) is 11.0. The maximum absolute atomic E-state index is 13.2. The number of anilines is 1. The lowest BCUT2D eigenvalue weighted by Crippen LogP contribution is -2.58. The largest absolute Gasteiger partial charge is 0.328 e. The van der Waals surface area contributed by atoms with Crippen LogP contribution >= 0.6 is 22.9 Å². The highest BCUT2D eigenvalue weighted by molar-refractivity contribution is 7.89. The lowest BCUT2D eigenvalue weighted by atomic mass is 9.84. The van der Waals surface area contributed by atoms with Crippen molar-refractivity contribution in [3.63, 3.8) is 0 Å². The Labute approximate surface area is 213 Å². The fourth-order valence-electron chi connectivity index (χ4n) is 4.71. The number of hydrogen-bond donors (Lipinski definition) is 1. The van der Waals surface area contributed by atoms with Gasteiger partial charge in [-0.05, 0) is 30.5 Å². The number of halogens is 1. The summed E-state index contributed by atoms with van der Waals surface area (Å²) >= 11 is 7.44. The topological polar surface area (TPSA) is 123 Å². The number of aromatic nitrogens is 1. The molecule has 1 saturated carbocycles. The molecule has 1 aliphatic heterocycles. The molecule has 0 bridgehead atoms. The summed E-state index contributed by atoms with van der Waals surface area (Å²) in [6.07, 6.45) is 7.56.